The van der Waals surface area contributed by atoms with Crippen molar-refractivity contribution in [3.63, 3.8) is 0 Å². The first-order chi connectivity index (χ1) is 8.56. The molecule has 18 heavy (non-hydrogen) atoms. The number of aromatic nitrogens is 1. The molecule has 2 N–H and O–H groups in total. The predicted molar refractivity (Wildman–Crippen MR) is 61.0 cm³/mol. The summed E-state index contributed by atoms with van der Waals surface area (Å²) >= 11 is 0. The van der Waals surface area contributed by atoms with Crippen LogP contribution in [0.4, 0.5) is 0 Å². The Morgan fingerprint density at radius 2 is 2.33 bits per heavy atom. The fourth-order valence-electron chi connectivity index (χ4n) is 1.60. The Hall–Kier alpha value is -1.89. The highest BCUT2D eigenvalue weighted by Gasteiger charge is 2.24. The minimum absolute atomic E-state index is 0.0319. The predicted octanol–water partition coefficient (Wildman–Crippen LogP) is 0.0832. The maximum atomic E-state index is 11.5. The molecule has 0 radical (unpaired) electrons. The molecule has 0 atom stereocenters. The Bertz CT molecular complexity index is 453. The van der Waals surface area contributed by atoms with Crippen molar-refractivity contribution >= 4 is 11.9 Å². The first-order valence-electron chi connectivity index (χ1n) is 5.71. The third-order valence-corrected chi connectivity index (χ3v) is 2.65. The lowest BCUT2D eigenvalue weighted by atomic mass is 10.2. The Morgan fingerprint density at radius 3 is 2.94 bits per heavy atom. The summed E-state index contributed by atoms with van der Waals surface area (Å²) in [5.41, 5.74) is 0.0319. The van der Waals surface area contributed by atoms with Crippen molar-refractivity contribution in [2.75, 3.05) is 13.6 Å². The van der Waals surface area contributed by atoms with Crippen LogP contribution >= 0.6 is 0 Å². The van der Waals surface area contributed by atoms with Crippen molar-refractivity contribution in [2.24, 2.45) is 0 Å². The monoisotopic (exact) mass is 253 g/mol. The highest BCUT2D eigenvalue weighted by molar-refractivity contribution is 5.88. The Labute approximate surface area is 104 Å². The number of amides is 1. The molecule has 0 aliphatic heterocycles. The fourth-order valence-corrected chi connectivity index (χ4v) is 1.60. The summed E-state index contributed by atoms with van der Waals surface area (Å²) in [6.45, 7) is 0.440. The van der Waals surface area contributed by atoms with Gasteiger partial charge in [0, 0.05) is 6.04 Å². The van der Waals surface area contributed by atoms with E-state index in [4.69, 9.17) is 9.63 Å². The second kappa shape index (κ2) is 5.18. The number of carboxylic acid groups (broad SMARTS) is 1. The molecule has 1 amide bonds. The van der Waals surface area contributed by atoms with Crippen molar-refractivity contribution < 1.29 is 19.2 Å². The lowest BCUT2D eigenvalue weighted by Gasteiger charge is -2.14. The standard InChI is InChI=1S/C11H15N3O4/c1-14(6-10(15)13-7-2-3-7)5-9-8(11(16)17)4-12-18-9/h4,7H,2-3,5-6H2,1H3,(H,13,15)(H,16,17). The van der Waals surface area contributed by atoms with Crippen molar-refractivity contribution in [1.29, 1.82) is 0 Å². The average molecular weight is 253 g/mol. The molecule has 1 aliphatic carbocycles. The van der Waals surface area contributed by atoms with Gasteiger partial charge in [-0.3, -0.25) is 9.69 Å². The first-order valence-corrected chi connectivity index (χ1v) is 5.71. The van der Waals surface area contributed by atoms with Gasteiger partial charge in [0.1, 0.15) is 5.56 Å². The summed E-state index contributed by atoms with van der Waals surface area (Å²) in [5, 5.41) is 15.2. The summed E-state index contributed by atoms with van der Waals surface area (Å²) in [5.74, 6) is -0.886. The Morgan fingerprint density at radius 1 is 1.61 bits per heavy atom. The molecule has 0 bridgehead atoms. The van der Waals surface area contributed by atoms with E-state index >= 15 is 0 Å². The van der Waals surface area contributed by atoms with Gasteiger partial charge in [-0.05, 0) is 19.9 Å². The molecule has 1 heterocycles. The molecule has 98 valence electrons. The highest BCUT2D eigenvalue weighted by Crippen LogP contribution is 2.18. The average Bonchev–Trinajstić information content (AvgIpc) is 2.94. The number of hydrogen-bond donors (Lipinski definition) is 2. The number of hydrogen-bond acceptors (Lipinski definition) is 5. The minimum Gasteiger partial charge on any atom is -0.478 e. The van der Waals surface area contributed by atoms with Crippen molar-refractivity contribution in [3.8, 4) is 0 Å². The van der Waals surface area contributed by atoms with Crippen LogP contribution in [0, 0.1) is 0 Å². The third-order valence-electron chi connectivity index (χ3n) is 2.65. The summed E-state index contributed by atoms with van der Waals surface area (Å²) in [6, 6.07) is 0.325. The van der Waals surface area contributed by atoms with Gasteiger partial charge in [0.05, 0.1) is 19.3 Å². The normalized spacial score (nSPS) is 14.8. The van der Waals surface area contributed by atoms with Gasteiger partial charge in [-0.15, -0.1) is 0 Å². The van der Waals surface area contributed by atoms with Crippen LogP contribution in [0.1, 0.15) is 29.0 Å². The molecule has 1 aromatic heterocycles. The Balaban J connectivity index is 1.85. The molecule has 7 heteroatoms. The van der Waals surface area contributed by atoms with E-state index in [0.717, 1.165) is 19.0 Å². The van der Waals surface area contributed by atoms with Crippen LogP contribution < -0.4 is 5.32 Å². The van der Waals surface area contributed by atoms with E-state index in [1.165, 1.54) is 0 Å². The summed E-state index contributed by atoms with van der Waals surface area (Å²) in [6.07, 6.45) is 3.25. The molecular formula is C11H15N3O4. The number of rotatable bonds is 6. The van der Waals surface area contributed by atoms with Crippen LogP contribution in [-0.4, -0.2) is 46.7 Å². The molecule has 0 aromatic carbocycles. The number of nitrogens with zero attached hydrogens (tertiary/aromatic N) is 2. The largest absolute Gasteiger partial charge is 0.478 e. The smallest absolute Gasteiger partial charge is 0.341 e. The topological polar surface area (TPSA) is 95.7 Å². The van der Waals surface area contributed by atoms with E-state index in [1.807, 2.05) is 0 Å². The first kappa shape index (κ1) is 12.6. The van der Waals surface area contributed by atoms with E-state index < -0.39 is 5.97 Å². The van der Waals surface area contributed by atoms with E-state index in [-0.39, 0.29) is 30.3 Å². The van der Waals surface area contributed by atoms with Gasteiger partial charge in [0.15, 0.2) is 5.76 Å². The molecule has 0 unspecified atom stereocenters. The number of carbonyl (C=O) groups excluding carboxylic acids is 1. The quantitative estimate of drug-likeness (QED) is 0.745. The van der Waals surface area contributed by atoms with E-state index in [1.54, 1.807) is 11.9 Å². The van der Waals surface area contributed by atoms with E-state index in [9.17, 15) is 9.59 Å². The van der Waals surface area contributed by atoms with Crippen molar-refractivity contribution in [2.45, 2.75) is 25.4 Å². The number of carbonyl (C=O) groups is 2. The lowest BCUT2D eigenvalue weighted by molar-refractivity contribution is -0.122. The molecule has 1 aliphatic rings. The molecular weight excluding hydrogens is 238 g/mol. The summed E-state index contributed by atoms with van der Waals surface area (Å²) in [4.78, 5) is 24.1. The van der Waals surface area contributed by atoms with E-state index in [0.29, 0.717) is 6.04 Å². The fraction of sp³-hybridized carbons (Fsp3) is 0.545. The van der Waals surface area contributed by atoms with Crippen LogP contribution in [0.15, 0.2) is 10.7 Å². The van der Waals surface area contributed by atoms with Crippen LogP contribution in [0.2, 0.25) is 0 Å². The molecule has 1 saturated carbocycles. The Kier molecular flexibility index (Phi) is 3.61. The van der Waals surface area contributed by atoms with Gasteiger partial charge in [0.25, 0.3) is 0 Å². The second-order valence-corrected chi connectivity index (χ2v) is 4.48. The van der Waals surface area contributed by atoms with Crippen LogP contribution in [-0.2, 0) is 11.3 Å². The van der Waals surface area contributed by atoms with Crippen molar-refractivity contribution in [1.82, 2.24) is 15.4 Å². The van der Waals surface area contributed by atoms with Gasteiger partial charge in [-0.2, -0.15) is 0 Å². The third kappa shape index (κ3) is 3.30. The molecule has 0 spiro atoms. The van der Waals surface area contributed by atoms with Gasteiger partial charge in [-0.25, -0.2) is 4.79 Å². The second-order valence-electron chi connectivity index (χ2n) is 4.48. The SMILES string of the molecule is CN(CC(=O)NC1CC1)Cc1oncc1C(=O)O. The zero-order chi connectivity index (χ0) is 13.1. The zero-order valence-electron chi connectivity index (χ0n) is 10.0. The number of likely N-dealkylation sites (N-methyl/N-ethyl adjacent to an activating group) is 1. The number of nitrogens with one attached hydrogen (secondary N) is 1. The van der Waals surface area contributed by atoms with Gasteiger partial charge in [-0.1, -0.05) is 5.16 Å². The van der Waals surface area contributed by atoms with Crippen LogP contribution in [0.5, 0.6) is 0 Å². The van der Waals surface area contributed by atoms with Gasteiger partial charge < -0.3 is 14.9 Å². The number of carboxylic acids is 1. The molecule has 2 rings (SSSR count). The molecule has 7 nitrogen and oxygen atoms in total. The number of aromatic carboxylic acids is 1. The maximum Gasteiger partial charge on any atom is 0.341 e. The molecule has 0 saturated heterocycles. The summed E-state index contributed by atoms with van der Waals surface area (Å²) in [7, 11) is 1.72. The van der Waals surface area contributed by atoms with Crippen molar-refractivity contribution in [3.05, 3.63) is 17.5 Å². The van der Waals surface area contributed by atoms with Gasteiger partial charge in [0.2, 0.25) is 5.91 Å². The summed E-state index contributed by atoms with van der Waals surface area (Å²) < 4.78 is 4.87. The van der Waals surface area contributed by atoms with E-state index in [2.05, 4.69) is 10.5 Å². The molecule has 1 fully saturated rings. The maximum absolute atomic E-state index is 11.5. The minimum atomic E-state index is -1.08. The van der Waals surface area contributed by atoms with Crippen LogP contribution in [0.25, 0.3) is 0 Å². The van der Waals surface area contributed by atoms with Gasteiger partial charge >= 0.3 is 5.97 Å². The zero-order valence-corrected chi connectivity index (χ0v) is 10.0. The highest BCUT2D eigenvalue weighted by atomic mass is 16.5. The van der Waals surface area contributed by atoms with Crippen LogP contribution in [0.3, 0.4) is 0 Å². The lowest BCUT2D eigenvalue weighted by Crippen LogP contribution is -2.36. The molecule has 1 aromatic rings.